The summed E-state index contributed by atoms with van der Waals surface area (Å²) in [4.78, 5) is 13.5. The van der Waals surface area contributed by atoms with Gasteiger partial charge >= 0.3 is 0 Å². The summed E-state index contributed by atoms with van der Waals surface area (Å²) in [5, 5.41) is 9.59. The van der Waals surface area contributed by atoms with Crippen molar-refractivity contribution in [2.24, 2.45) is 0 Å². The molecule has 0 bridgehead atoms. The summed E-state index contributed by atoms with van der Waals surface area (Å²) in [6, 6.07) is 20.1. The molecule has 0 aliphatic carbocycles. The van der Waals surface area contributed by atoms with Crippen LogP contribution >= 0.6 is 12.2 Å². The highest BCUT2D eigenvalue weighted by Crippen LogP contribution is 2.25. The Morgan fingerprint density at radius 3 is 2.30 bits per heavy atom. The quantitative estimate of drug-likeness (QED) is 0.515. The van der Waals surface area contributed by atoms with Gasteiger partial charge in [0, 0.05) is 31.9 Å². The SMILES string of the molecule is S=C(Nc1ccccc1)N1CCN(c2ncnc3c2cnn3-c2ccccc2)CC1. The average molecular weight is 416 g/mol. The lowest BCUT2D eigenvalue weighted by Crippen LogP contribution is -2.50. The van der Waals surface area contributed by atoms with E-state index in [1.807, 2.05) is 71.5 Å². The lowest BCUT2D eigenvalue weighted by atomic mass is 10.3. The minimum Gasteiger partial charge on any atom is -0.352 e. The summed E-state index contributed by atoms with van der Waals surface area (Å²) in [6.07, 6.45) is 3.47. The molecule has 7 nitrogen and oxygen atoms in total. The highest BCUT2D eigenvalue weighted by atomic mass is 32.1. The van der Waals surface area contributed by atoms with Crippen LogP contribution in [0.15, 0.2) is 73.2 Å². The molecule has 1 saturated heterocycles. The van der Waals surface area contributed by atoms with Crippen molar-refractivity contribution >= 4 is 39.9 Å². The molecule has 0 radical (unpaired) electrons. The van der Waals surface area contributed by atoms with Gasteiger partial charge in [0.25, 0.3) is 0 Å². The van der Waals surface area contributed by atoms with Crippen LogP contribution < -0.4 is 10.2 Å². The van der Waals surface area contributed by atoms with E-state index >= 15 is 0 Å². The number of rotatable bonds is 3. The Labute approximate surface area is 180 Å². The fourth-order valence-electron chi connectivity index (χ4n) is 3.69. The molecular weight excluding hydrogens is 394 g/mol. The fourth-order valence-corrected chi connectivity index (χ4v) is 3.99. The van der Waals surface area contributed by atoms with Crippen LogP contribution in [0, 0.1) is 0 Å². The predicted octanol–water partition coefficient (Wildman–Crippen LogP) is 3.33. The van der Waals surface area contributed by atoms with Crippen LogP contribution in [0.5, 0.6) is 0 Å². The molecule has 3 heterocycles. The topological polar surface area (TPSA) is 62.1 Å². The molecular formula is C22H21N7S. The van der Waals surface area contributed by atoms with E-state index < -0.39 is 0 Å². The van der Waals surface area contributed by atoms with Gasteiger partial charge in [0.05, 0.1) is 17.3 Å². The van der Waals surface area contributed by atoms with E-state index in [2.05, 4.69) is 30.2 Å². The van der Waals surface area contributed by atoms with Crippen LogP contribution in [0.25, 0.3) is 16.7 Å². The first-order valence-corrected chi connectivity index (χ1v) is 10.3. The smallest absolute Gasteiger partial charge is 0.173 e. The van der Waals surface area contributed by atoms with E-state index in [1.165, 1.54) is 0 Å². The molecule has 2 aromatic carbocycles. The van der Waals surface area contributed by atoms with Gasteiger partial charge in [0.15, 0.2) is 10.8 Å². The van der Waals surface area contributed by atoms with Crippen LogP contribution in [0.2, 0.25) is 0 Å². The number of hydrogen-bond donors (Lipinski definition) is 1. The zero-order valence-corrected chi connectivity index (χ0v) is 17.2. The lowest BCUT2D eigenvalue weighted by Gasteiger charge is -2.36. The normalized spacial score (nSPS) is 14.1. The highest BCUT2D eigenvalue weighted by molar-refractivity contribution is 7.80. The van der Waals surface area contributed by atoms with E-state index in [1.54, 1.807) is 6.33 Å². The number of nitrogens with one attached hydrogen (secondary N) is 1. The Bertz CT molecular complexity index is 1150. The first kappa shape index (κ1) is 18.5. The molecule has 0 amide bonds. The number of para-hydroxylation sites is 2. The van der Waals surface area contributed by atoms with Crippen molar-refractivity contribution in [2.75, 3.05) is 36.4 Å². The van der Waals surface area contributed by atoms with Crippen molar-refractivity contribution in [1.82, 2.24) is 24.6 Å². The Kier molecular flexibility index (Phi) is 4.98. The van der Waals surface area contributed by atoms with Crippen LogP contribution in [0.1, 0.15) is 0 Å². The van der Waals surface area contributed by atoms with Gasteiger partial charge in [0.1, 0.15) is 12.1 Å². The molecule has 0 spiro atoms. The maximum atomic E-state index is 5.60. The van der Waals surface area contributed by atoms with Crippen LogP contribution in [-0.2, 0) is 0 Å². The minimum absolute atomic E-state index is 0.755. The van der Waals surface area contributed by atoms with Crippen molar-refractivity contribution in [1.29, 1.82) is 0 Å². The monoisotopic (exact) mass is 415 g/mol. The number of anilines is 2. The third kappa shape index (κ3) is 3.57. The van der Waals surface area contributed by atoms with Crippen molar-refractivity contribution in [3.63, 3.8) is 0 Å². The summed E-state index contributed by atoms with van der Waals surface area (Å²) in [5.41, 5.74) is 2.81. The number of piperazine rings is 1. The van der Waals surface area contributed by atoms with E-state index in [0.29, 0.717) is 0 Å². The summed E-state index contributed by atoms with van der Waals surface area (Å²) < 4.78 is 1.86. The van der Waals surface area contributed by atoms with Gasteiger partial charge in [-0.1, -0.05) is 36.4 Å². The minimum atomic E-state index is 0.755. The predicted molar refractivity (Wildman–Crippen MR) is 123 cm³/mol. The summed E-state index contributed by atoms with van der Waals surface area (Å²) in [6.45, 7) is 3.33. The number of aromatic nitrogens is 4. The van der Waals surface area contributed by atoms with Gasteiger partial charge in [-0.2, -0.15) is 5.10 Å². The fraction of sp³-hybridized carbons (Fsp3) is 0.182. The molecule has 1 N–H and O–H groups in total. The zero-order valence-electron chi connectivity index (χ0n) is 16.3. The second-order valence-corrected chi connectivity index (χ2v) is 7.48. The Morgan fingerprint density at radius 1 is 0.867 bits per heavy atom. The maximum absolute atomic E-state index is 5.60. The Hall–Kier alpha value is -3.52. The van der Waals surface area contributed by atoms with E-state index in [-0.39, 0.29) is 0 Å². The van der Waals surface area contributed by atoms with Gasteiger partial charge in [-0.15, -0.1) is 0 Å². The Morgan fingerprint density at radius 2 is 1.57 bits per heavy atom. The number of fused-ring (bicyclic) bond motifs is 1. The first-order chi connectivity index (χ1) is 14.8. The van der Waals surface area contributed by atoms with Crippen molar-refractivity contribution in [2.45, 2.75) is 0 Å². The van der Waals surface area contributed by atoms with Gasteiger partial charge in [-0.05, 0) is 36.5 Å². The molecule has 30 heavy (non-hydrogen) atoms. The summed E-state index contributed by atoms with van der Waals surface area (Å²) >= 11 is 5.60. The molecule has 1 fully saturated rings. The number of hydrogen-bond acceptors (Lipinski definition) is 5. The largest absolute Gasteiger partial charge is 0.352 e. The maximum Gasteiger partial charge on any atom is 0.173 e. The van der Waals surface area contributed by atoms with Crippen molar-refractivity contribution in [3.8, 4) is 5.69 Å². The number of thiocarbonyl (C=S) groups is 1. The second-order valence-electron chi connectivity index (χ2n) is 7.10. The Balaban J connectivity index is 1.32. The molecule has 5 rings (SSSR count). The third-order valence-electron chi connectivity index (χ3n) is 5.24. The molecule has 0 unspecified atom stereocenters. The molecule has 150 valence electrons. The van der Waals surface area contributed by atoms with Gasteiger partial charge in [-0.3, -0.25) is 0 Å². The molecule has 1 aliphatic rings. The number of benzene rings is 2. The highest BCUT2D eigenvalue weighted by Gasteiger charge is 2.22. The molecule has 2 aromatic heterocycles. The van der Waals surface area contributed by atoms with E-state index in [9.17, 15) is 0 Å². The summed E-state index contributed by atoms with van der Waals surface area (Å²) in [5.74, 6) is 0.920. The van der Waals surface area contributed by atoms with Gasteiger partial charge in [0.2, 0.25) is 0 Å². The molecule has 1 aliphatic heterocycles. The van der Waals surface area contributed by atoms with Crippen LogP contribution in [0.4, 0.5) is 11.5 Å². The molecule has 8 heteroatoms. The molecule has 4 aromatic rings. The van der Waals surface area contributed by atoms with E-state index in [4.69, 9.17) is 12.2 Å². The average Bonchev–Trinajstić information content (AvgIpc) is 3.25. The van der Waals surface area contributed by atoms with E-state index in [0.717, 1.165) is 59.5 Å². The molecule has 0 saturated carbocycles. The first-order valence-electron chi connectivity index (χ1n) is 9.90. The van der Waals surface area contributed by atoms with Crippen molar-refractivity contribution < 1.29 is 0 Å². The van der Waals surface area contributed by atoms with Gasteiger partial charge in [-0.25, -0.2) is 14.6 Å². The lowest BCUT2D eigenvalue weighted by molar-refractivity contribution is 0.390. The summed E-state index contributed by atoms with van der Waals surface area (Å²) in [7, 11) is 0. The molecule has 0 atom stereocenters. The van der Waals surface area contributed by atoms with Gasteiger partial charge < -0.3 is 15.1 Å². The number of nitrogens with zero attached hydrogens (tertiary/aromatic N) is 6. The van der Waals surface area contributed by atoms with Crippen LogP contribution in [0.3, 0.4) is 0 Å². The van der Waals surface area contributed by atoms with Crippen LogP contribution in [-0.4, -0.2) is 55.9 Å². The second kappa shape index (κ2) is 8.08. The third-order valence-corrected chi connectivity index (χ3v) is 5.60. The standard InChI is InChI=1S/C22H21N7S/c30-22(26-17-7-3-1-4-8-17)28-13-11-27(12-14-28)20-19-15-25-29(21(19)24-16-23-20)18-9-5-2-6-10-18/h1-10,15-16H,11-14H2,(H,26,30). The zero-order chi connectivity index (χ0) is 20.3. The van der Waals surface area contributed by atoms with Crippen molar-refractivity contribution in [3.05, 3.63) is 73.2 Å².